The van der Waals surface area contributed by atoms with E-state index in [9.17, 15) is 0 Å². The van der Waals surface area contributed by atoms with Gasteiger partial charge in [0, 0.05) is 13.6 Å². The molecule has 1 fully saturated rings. The third kappa shape index (κ3) is 3.25. The van der Waals surface area contributed by atoms with Crippen LogP contribution in [0.1, 0.15) is 36.8 Å². The van der Waals surface area contributed by atoms with Gasteiger partial charge in [0.15, 0.2) is 0 Å². The predicted molar refractivity (Wildman–Crippen MR) is 76.1 cm³/mol. The highest BCUT2D eigenvalue weighted by Gasteiger charge is 2.20. The minimum absolute atomic E-state index is 0.721. The lowest BCUT2D eigenvalue weighted by Crippen LogP contribution is -2.16. The van der Waals surface area contributed by atoms with Gasteiger partial charge in [-0.3, -0.25) is 4.68 Å². The van der Waals surface area contributed by atoms with Crippen LogP contribution in [0.15, 0.2) is 12.3 Å². The van der Waals surface area contributed by atoms with Crippen LogP contribution in [-0.2, 0) is 26.6 Å². The van der Waals surface area contributed by atoms with E-state index in [0.29, 0.717) is 0 Å². The molecule has 20 heavy (non-hydrogen) atoms. The molecule has 2 heterocycles. The lowest BCUT2D eigenvalue weighted by atomic mass is 10.3. The van der Waals surface area contributed by atoms with E-state index in [1.54, 1.807) is 0 Å². The normalized spacial score (nSPS) is 14.9. The molecule has 0 bridgehead atoms. The molecule has 6 heteroatoms. The quantitative estimate of drug-likeness (QED) is 0.822. The number of hydrogen-bond donors (Lipinski definition) is 1. The van der Waals surface area contributed by atoms with Crippen molar-refractivity contribution in [2.75, 3.05) is 6.54 Å². The van der Waals surface area contributed by atoms with Gasteiger partial charge in [0.25, 0.3) is 0 Å². The zero-order valence-corrected chi connectivity index (χ0v) is 12.2. The van der Waals surface area contributed by atoms with Crippen LogP contribution in [0.4, 0.5) is 0 Å². The van der Waals surface area contributed by atoms with Gasteiger partial charge in [-0.2, -0.15) is 5.10 Å². The molecule has 1 aliphatic rings. The molecule has 3 rings (SSSR count). The summed E-state index contributed by atoms with van der Waals surface area (Å²) in [7, 11) is 1.98. The summed E-state index contributed by atoms with van der Waals surface area (Å²) in [6, 6.07) is 2.13. The van der Waals surface area contributed by atoms with Gasteiger partial charge in [-0.25, -0.2) is 4.68 Å². The van der Waals surface area contributed by atoms with E-state index in [1.807, 2.05) is 22.6 Å². The Balaban J connectivity index is 1.56. The van der Waals surface area contributed by atoms with E-state index in [2.05, 4.69) is 33.7 Å². The first-order valence-corrected chi connectivity index (χ1v) is 7.36. The first-order chi connectivity index (χ1) is 9.74. The van der Waals surface area contributed by atoms with Crippen LogP contribution in [0, 0.1) is 5.92 Å². The Hall–Kier alpha value is -1.69. The summed E-state index contributed by atoms with van der Waals surface area (Å²) < 4.78 is 3.80. The lowest BCUT2D eigenvalue weighted by molar-refractivity contribution is 0.598. The number of rotatable bonds is 7. The summed E-state index contributed by atoms with van der Waals surface area (Å²) in [6.07, 6.45) is 5.72. The van der Waals surface area contributed by atoms with Crippen LogP contribution in [0.2, 0.25) is 0 Å². The molecule has 0 unspecified atom stereocenters. The highest BCUT2D eigenvalue weighted by molar-refractivity contribution is 5.10. The van der Waals surface area contributed by atoms with Crippen molar-refractivity contribution < 1.29 is 0 Å². The maximum Gasteiger partial charge on any atom is 0.0964 e. The second-order valence-electron chi connectivity index (χ2n) is 5.59. The fraction of sp³-hybridized carbons (Fsp3) is 0.643. The molecule has 0 radical (unpaired) electrons. The van der Waals surface area contributed by atoms with Crippen LogP contribution in [-0.4, -0.2) is 31.3 Å². The van der Waals surface area contributed by atoms with Gasteiger partial charge in [0.2, 0.25) is 0 Å². The standard InChI is InChI=1S/C14H22N6/c1-3-12-6-14(19(2)17-12)10-20-9-13(16-18-20)8-15-7-11-4-5-11/h6,9,11,15H,3-5,7-8,10H2,1-2H3. The molecule has 1 aliphatic carbocycles. The summed E-state index contributed by atoms with van der Waals surface area (Å²) >= 11 is 0. The van der Waals surface area contributed by atoms with Gasteiger partial charge in [-0.1, -0.05) is 12.1 Å². The largest absolute Gasteiger partial charge is 0.311 e. The van der Waals surface area contributed by atoms with Gasteiger partial charge in [0.1, 0.15) is 0 Å². The van der Waals surface area contributed by atoms with E-state index in [4.69, 9.17) is 0 Å². The van der Waals surface area contributed by atoms with Gasteiger partial charge in [-0.15, -0.1) is 5.10 Å². The summed E-state index contributed by atoms with van der Waals surface area (Å²) in [5.74, 6) is 0.895. The maximum atomic E-state index is 4.45. The van der Waals surface area contributed by atoms with Crippen molar-refractivity contribution in [1.82, 2.24) is 30.1 Å². The van der Waals surface area contributed by atoms with Crippen LogP contribution >= 0.6 is 0 Å². The first-order valence-electron chi connectivity index (χ1n) is 7.36. The first kappa shape index (κ1) is 13.3. The fourth-order valence-corrected chi connectivity index (χ4v) is 2.28. The zero-order valence-electron chi connectivity index (χ0n) is 12.2. The molecule has 0 amide bonds. The Morgan fingerprint density at radius 2 is 2.20 bits per heavy atom. The second kappa shape index (κ2) is 5.75. The van der Waals surface area contributed by atoms with E-state index in [0.717, 1.165) is 49.1 Å². The fourth-order valence-electron chi connectivity index (χ4n) is 2.28. The summed E-state index contributed by atoms with van der Waals surface area (Å²) in [5.41, 5.74) is 3.28. The summed E-state index contributed by atoms with van der Waals surface area (Å²) in [5, 5.41) is 16.3. The molecule has 1 N–H and O–H groups in total. The minimum Gasteiger partial charge on any atom is -0.311 e. The third-order valence-corrected chi connectivity index (χ3v) is 3.74. The van der Waals surface area contributed by atoms with E-state index < -0.39 is 0 Å². The van der Waals surface area contributed by atoms with Gasteiger partial charge >= 0.3 is 0 Å². The molecule has 1 saturated carbocycles. The van der Waals surface area contributed by atoms with Crippen LogP contribution in [0.25, 0.3) is 0 Å². The Kier molecular flexibility index (Phi) is 3.82. The highest BCUT2D eigenvalue weighted by atomic mass is 15.4. The van der Waals surface area contributed by atoms with E-state index >= 15 is 0 Å². The number of hydrogen-bond acceptors (Lipinski definition) is 4. The van der Waals surface area contributed by atoms with Crippen molar-refractivity contribution in [2.24, 2.45) is 13.0 Å². The smallest absolute Gasteiger partial charge is 0.0964 e. The van der Waals surface area contributed by atoms with Gasteiger partial charge in [0.05, 0.1) is 29.8 Å². The summed E-state index contributed by atoms with van der Waals surface area (Å²) in [4.78, 5) is 0. The number of aromatic nitrogens is 5. The Bertz CT molecular complexity index is 566. The van der Waals surface area contributed by atoms with Gasteiger partial charge < -0.3 is 5.32 Å². The third-order valence-electron chi connectivity index (χ3n) is 3.74. The second-order valence-corrected chi connectivity index (χ2v) is 5.59. The molecule has 0 aromatic carbocycles. The molecule has 2 aromatic rings. The Morgan fingerprint density at radius 1 is 1.35 bits per heavy atom. The molecule has 0 spiro atoms. The predicted octanol–water partition coefficient (Wildman–Crippen LogP) is 1.12. The molecule has 108 valence electrons. The summed E-state index contributed by atoms with van der Waals surface area (Å²) in [6.45, 7) is 4.75. The van der Waals surface area contributed by atoms with Crippen molar-refractivity contribution in [3.8, 4) is 0 Å². The topological polar surface area (TPSA) is 60.6 Å². The molecule has 0 aliphatic heterocycles. The van der Waals surface area contributed by atoms with E-state index in [-0.39, 0.29) is 0 Å². The maximum absolute atomic E-state index is 4.45. The number of aryl methyl sites for hydroxylation is 2. The van der Waals surface area contributed by atoms with Crippen molar-refractivity contribution in [3.05, 3.63) is 29.3 Å². The zero-order chi connectivity index (χ0) is 13.9. The molecular formula is C14H22N6. The lowest BCUT2D eigenvalue weighted by Gasteiger charge is -2.01. The minimum atomic E-state index is 0.721. The molecule has 0 atom stereocenters. The average molecular weight is 274 g/mol. The van der Waals surface area contributed by atoms with Crippen molar-refractivity contribution in [2.45, 2.75) is 39.3 Å². The monoisotopic (exact) mass is 274 g/mol. The highest BCUT2D eigenvalue weighted by Crippen LogP contribution is 2.27. The van der Waals surface area contributed by atoms with Crippen molar-refractivity contribution >= 4 is 0 Å². The van der Waals surface area contributed by atoms with Crippen molar-refractivity contribution in [3.63, 3.8) is 0 Å². The number of nitrogens with zero attached hydrogens (tertiary/aromatic N) is 5. The van der Waals surface area contributed by atoms with Crippen LogP contribution in [0.3, 0.4) is 0 Å². The van der Waals surface area contributed by atoms with Crippen molar-refractivity contribution in [1.29, 1.82) is 0 Å². The molecule has 2 aromatic heterocycles. The SMILES string of the molecule is CCc1cc(Cn2cc(CNCC3CC3)nn2)n(C)n1. The molecule has 0 saturated heterocycles. The Labute approximate surface area is 119 Å². The van der Waals surface area contributed by atoms with Crippen LogP contribution < -0.4 is 5.32 Å². The molecule has 6 nitrogen and oxygen atoms in total. The molecular weight excluding hydrogens is 252 g/mol. The van der Waals surface area contributed by atoms with Gasteiger partial charge in [-0.05, 0) is 37.8 Å². The van der Waals surface area contributed by atoms with E-state index in [1.165, 1.54) is 12.8 Å². The van der Waals surface area contributed by atoms with Crippen LogP contribution in [0.5, 0.6) is 0 Å². The average Bonchev–Trinajstić information content (AvgIpc) is 3.04. The number of nitrogens with one attached hydrogen (secondary N) is 1. The Morgan fingerprint density at radius 3 is 2.90 bits per heavy atom.